The minimum atomic E-state index is -1.36. The average molecular weight is 647 g/mol. The van der Waals surface area contributed by atoms with Gasteiger partial charge in [0.1, 0.15) is 22.8 Å². The zero-order valence-electron chi connectivity index (χ0n) is 28.1. The Bertz CT molecular complexity index is 2020. The van der Waals surface area contributed by atoms with Gasteiger partial charge >= 0.3 is 0 Å². The molecule has 7 rings (SSSR count). The van der Waals surface area contributed by atoms with E-state index in [-0.39, 0.29) is 0 Å². The molecule has 0 aromatic heterocycles. The van der Waals surface area contributed by atoms with Crippen molar-refractivity contribution in [1.82, 2.24) is 0 Å². The normalized spacial score (nSPS) is 16.8. The maximum Gasteiger partial charge on any atom is 0.178 e. The third kappa shape index (κ3) is 4.39. The van der Waals surface area contributed by atoms with Gasteiger partial charge in [-0.25, -0.2) is 0 Å². The molecule has 0 amide bonds. The molecule has 1 N–H and O–H groups in total. The molecular formula is C40H38O8. The van der Waals surface area contributed by atoms with Gasteiger partial charge in [-0.15, -0.1) is 0 Å². The summed E-state index contributed by atoms with van der Waals surface area (Å²) in [7, 11) is 9.73. The summed E-state index contributed by atoms with van der Waals surface area (Å²) in [5.41, 5.74) is 3.38. The van der Waals surface area contributed by atoms with Crippen molar-refractivity contribution in [3.63, 3.8) is 0 Å². The Morgan fingerprint density at radius 1 is 0.625 bits per heavy atom. The van der Waals surface area contributed by atoms with Crippen LogP contribution < -0.4 is 33.2 Å². The van der Waals surface area contributed by atoms with Gasteiger partial charge in [-0.3, -0.25) is 0 Å². The van der Waals surface area contributed by atoms with E-state index in [9.17, 15) is 5.11 Å². The van der Waals surface area contributed by atoms with E-state index in [4.69, 9.17) is 33.2 Å². The Labute approximate surface area is 280 Å². The van der Waals surface area contributed by atoms with Crippen LogP contribution in [0.3, 0.4) is 0 Å². The van der Waals surface area contributed by atoms with Crippen LogP contribution in [0.4, 0.5) is 0 Å². The largest absolute Gasteiger partial charge is 0.497 e. The van der Waals surface area contributed by atoms with Crippen LogP contribution in [-0.2, 0) is 11.2 Å². The Hall–Kier alpha value is -5.34. The van der Waals surface area contributed by atoms with Crippen LogP contribution >= 0.6 is 0 Å². The van der Waals surface area contributed by atoms with Crippen LogP contribution in [0, 0.1) is 0 Å². The lowest BCUT2D eigenvalue weighted by Crippen LogP contribution is -2.35. The second-order valence-corrected chi connectivity index (χ2v) is 11.8. The first-order valence-electron chi connectivity index (χ1n) is 15.7. The van der Waals surface area contributed by atoms with Crippen molar-refractivity contribution in [3.8, 4) is 51.4 Å². The summed E-state index contributed by atoms with van der Waals surface area (Å²) in [6.07, 6.45) is 4.54. The molecular weight excluding hydrogens is 608 g/mol. The van der Waals surface area contributed by atoms with Gasteiger partial charge in [0.25, 0.3) is 0 Å². The second kappa shape index (κ2) is 11.7. The van der Waals surface area contributed by atoms with Crippen LogP contribution in [0.5, 0.6) is 40.2 Å². The minimum Gasteiger partial charge on any atom is -0.497 e. The molecule has 1 aliphatic carbocycles. The van der Waals surface area contributed by atoms with Crippen molar-refractivity contribution in [3.05, 3.63) is 107 Å². The first kappa shape index (κ1) is 31.3. The van der Waals surface area contributed by atoms with E-state index in [1.807, 2.05) is 79.7 Å². The van der Waals surface area contributed by atoms with Crippen LogP contribution in [0.15, 0.2) is 78.9 Å². The van der Waals surface area contributed by atoms with Crippen molar-refractivity contribution in [1.29, 1.82) is 0 Å². The van der Waals surface area contributed by atoms with E-state index in [0.717, 1.165) is 61.2 Å². The molecule has 1 atom stereocenters. The predicted molar refractivity (Wildman–Crippen MR) is 185 cm³/mol. The van der Waals surface area contributed by atoms with E-state index in [0.29, 0.717) is 35.2 Å². The molecule has 5 aromatic rings. The van der Waals surface area contributed by atoms with Gasteiger partial charge in [0.15, 0.2) is 28.6 Å². The van der Waals surface area contributed by atoms with Crippen molar-refractivity contribution in [2.75, 3.05) is 42.7 Å². The molecule has 1 aliphatic heterocycles. The molecule has 0 saturated heterocycles. The van der Waals surface area contributed by atoms with E-state index in [1.165, 1.54) is 0 Å². The Morgan fingerprint density at radius 3 is 1.62 bits per heavy atom. The first-order chi connectivity index (χ1) is 23.3. The van der Waals surface area contributed by atoms with Crippen LogP contribution in [0.1, 0.15) is 41.2 Å². The lowest BCUT2D eigenvalue weighted by molar-refractivity contribution is 0.0798. The van der Waals surface area contributed by atoms with Gasteiger partial charge in [0, 0.05) is 27.6 Å². The molecule has 0 saturated carbocycles. The topological polar surface area (TPSA) is 84.8 Å². The number of fused-ring (bicyclic) bond motifs is 8. The fourth-order valence-corrected chi connectivity index (χ4v) is 7.26. The van der Waals surface area contributed by atoms with Crippen molar-refractivity contribution in [2.45, 2.75) is 24.5 Å². The van der Waals surface area contributed by atoms with Gasteiger partial charge in [-0.2, -0.15) is 0 Å². The van der Waals surface area contributed by atoms with E-state index >= 15 is 0 Å². The quantitative estimate of drug-likeness (QED) is 0.173. The third-order valence-corrected chi connectivity index (χ3v) is 9.75. The fourth-order valence-electron chi connectivity index (χ4n) is 7.26. The van der Waals surface area contributed by atoms with Crippen molar-refractivity contribution in [2.24, 2.45) is 0 Å². The Kier molecular flexibility index (Phi) is 7.63. The first-order valence-corrected chi connectivity index (χ1v) is 15.7. The van der Waals surface area contributed by atoms with Crippen LogP contribution in [-0.4, -0.2) is 47.8 Å². The highest BCUT2D eigenvalue weighted by atomic mass is 16.5. The molecule has 8 nitrogen and oxygen atoms in total. The van der Waals surface area contributed by atoms with E-state index < -0.39 is 11.2 Å². The highest BCUT2D eigenvalue weighted by Gasteiger charge is 2.47. The zero-order valence-corrected chi connectivity index (χ0v) is 28.1. The molecule has 1 unspecified atom stereocenters. The van der Waals surface area contributed by atoms with Crippen molar-refractivity contribution >= 4 is 16.8 Å². The standard InChI is InChI=1S/C40H38O8/c1-8-39(41)31-22-35(47-7)34(46-6)21-30(31)36-28-19-32(44-4)33(45-5)20-29(28)38-27(37(36)39)17-18-40(48-38,23-9-13-25(42-2)14-10-23)24-11-15-26(43-3)16-12-24/h9-22,41H,8H2,1-7H3. The summed E-state index contributed by atoms with van der Waals surface area (Å²) in [6.45, 7) is 1.98. The molecule has 0 bridgehead atoms. The molecule has 8 heteroatoms. The maximum absolute atomic E-state index is 12.7. The predicted octanol–water partition coefficient (Wildman–Crippen LogP) is 7.87. The average Bonchev–Trinajstić information content (AvgIpc) is 3.41. The van der Waals surface area contributed by atoms with Crippen LogP contribution in [0.25, 0.3) is 28.0 Å². The molecule has 48 heavy (non-hydrogen) atoms. The van der Waals surface area contributed by atoms with Crippen LogP contribution in [0.2, 0.25) is 0 Å². The summed E-state index contributed by atoms with van der Waals surface area (Å²) in [6, 6.07) is 23.5. The maximum atomic E-state index is 12.7. The molecule has 246 valence electrons. The molecule has 5 aromatic carbocycles. The van der Waals surface area contributed by atoms with Crippen molar-refractivity contribution < 1.29 is 38.3 Å². The third-order valence-electron chi connectivity index (χ3n) is 9.75. The van der Waals surface area contributed by atoms with Gasteiger partial charge in [0.05, 0.1) is 42.7 Å². The number of benzene rings is 5. The molecule has 0 fully saturated rings. The summed E-state index contributed by atoms with van der Waals surface area (Å²) < 4.78 is 41.4. The molecule has 1 heterocycles. The van der Waals surface area contributed by atoms with E-state index in [2.05, 4.69) is 12.2 Å². The number of methoxy groups -OCH3 is 6. The Morgan fingerprint density at radius 2 is 1.12 bits per heavy atom. The molecule has 0 spiro atoms. The highest BCUT2D eigenvalue weighted by molar-refractivity contribution is 6.09. The number of ether oxygens (including phenoxy) is 7. The van der Waals surface area contributed by atoms with Gasteiger partial charge in [-0.05, 0) is 83.1 Å². The Balaban J connectivity index is 1.59. The lowest BCUT2D eigenvalue weighted by Gasteiger charge is -2.38. The minimum absolute atomic E-state index is 0.406. The molecule has 2 aliphatic rings. The summed E-state index contributed by atoms with van der Waals surface area (Å²) in [4.78, 5) is 0. The monoisotopic (exact) mass is 646 g/mol. The smallest absolute Gasteiger partial charge is 0.178 e. The SMILES string of the molecule is CCC1(O)c2cc(OC)c(OC)cc2-c2c1c1c(c3cc(OC)c(OC)cc23)OC(c2ccc(OC)cc2)(c2ccc(OC)cc2)C=C1. The second-order valence-electron chi connectivity index (χ2n) is 11.8. The molecule has 0 radical (unpaired) electrons. The zero-order chi connectivity index (χ0) is 33.8. The number of aliphatic hydroxyl groups is 1. The number of rotatable bonds is 9. The lowest BCUT2D eigenvalue weighted by atomic mass is 9.79. The van der Waals surface area contributed by atoms with E-state index in [1.54, 1.807) is 42.7 Å². The fraction of sp³-hybridized carbons (Fsp3) is 0.250. The van der Waals surface area contributed by atoms with Gasteiger partial charge < -0.3 is 38.3 Å². The number of hydrogen-bond donors (Lipinski definition) is 1. The van der Waals surface area contributed by atoms with Gasteiger partial charge in [-0.1, -0.05) is 37.3 Å². The highest BCUT2D eigenvalue weighted by Crippen LogP contribution is 2.60. The summed E-state index contributed by atoms with van der Waals surface area (Å²) in [5.74, 6) is 4.31. The summed E-state index contributed by atoms with van der Waals surface area (Å²) >= 11 is 0. The number of hydrogen-bond acceptors (Lipinski definition) is 8. The summed E-state index contributed by atoms with van der Waals surface area (Å²) in [5, 5.41) is 14.4. The van der Waals surface area contributed by atoms with Gasteiger partial charge in [0.2, 0.25) is 0 Å².